The molecule has 0 spiro atoms. The highest BCUT2D eigenvalue weighted by Crippen LogP contribution is 2.44. The normalized spacial score (nSPS) is 16.9. The molecule has 0 unspecified atom stereocenters. The molecule has 1 fully saturated rings. The molecule has 188 valence electrons. The van der Waals surface area contributed by atoms with Crippen LogP contribution in [0, 0.1) is 0 Å². The second-order valence-electron chi connectivity index (χ2n) is 8.49. The lowest BCUT2D eigenvalue weighted by Crippen LogP contribution is -2.29. The minimum atomic E-state index is -0.313. The minimum Gasteiger partial charge on any atom is -0.494 e. The average Bonchev–Trinajstić information content (AvgIpc) is 3.54. The number of benzene rings is 2. The van der Waals surface area contributed by atoms with E-state index in [0.717, 1.165) is 32.9 Å². The zero-order valence-electron chi connectivity index (χ0n) is 20.3. The smallest absolute Gasteiger partial charge is 0.224 e. The number of thiocarbonyl (C=S) groups is 1. The summed E-state index contributed by atoms with van der Waals surface area (Å²) < 4.78 is 13.0. The largest absolute Gasteiger partial charge is 0.494 e. The molecule has 1 amide bonds. The predicted octanol–water partition coefficient (Wildman–Crippen LogP) is 6.64. The van der Waals surface area contributed by atoms with Gasteiger partial charge in [-0.3, -0.25) is 9.78 Å². The Kier molecular flexibility index (Phi) is 7.25. The molecule has 2 N–H and O–H groups in total. The van der Waals surface area contributed by atoms with Gasteiger partial charge in [0.05, 0.1) is 24.5 Å². The first kappa shape index (κ1) is 25.0. The lowest BCUT2D eigenvalue weighted by Gasteiger charge is -2.27. The molecule has 1 saturated heterocycles. The van der Waals surface area contributed by atoms with Crippen LogP contribution in [0.2, 0.25) is 0 Å². The number of carbonyl (C=O) groups is 1. The number of pyridine rings is 1. The van der Waals surface area contributed by atoms with Crippen molar-refractivity contribution < 1.29 is 13.9 Å². The molecule has 3 heterocycles. The van der Waals surface area contributed by atoms with Crippen LogP contribution in [0.25, 0.3) is 11.3 Å². The highest BCUT2D eigenvalue weighted by Gasteiger charge is 2.42. The first-order valence-electron chi connectivity index (χ1n) is 11.8. The van der Waals surface area contributed by atoms with E-state index in [1.807, 2.05) is 77.7 Å². The minimum absolute atomic E-state index is 0.0893. The van der Waals surface area contributed by atoms with Crippen molar-refractivity contribution in [3.63, 3.8) is 0 Å². The second-order valence-corrected chi connectivity index (χ2v) is 9.79. The molecular weight excluding hydrogens is 552 g/mol. The fraction of sp³-hybridized carbons (Fsp3) is 0.179. The number of ether oxygens (including phenoxy) is 1. The molecule has 2 aromatic carbocycles. The summed E-state index contributed by atoms with van der Waals surface area (Å²) in [6, 6.07) is 22.8. The van der Waals surface area contributed by atoms with Crippen LogP contribution in [0.3, 0.4) is 0 Å². The number of furan rings is 1. The van der Waals surface area contributed by atoms with Crippen molar-refractivity contribution in [1.82, 2.24) is 10.3 Å². The van der Waals surface area contributed by atoms with E-state index < -0.39 is 0 Å². The molecule has 5 rings (SSSR count). The summed E-state index contributed by atoms with van der Waals surface area (Å²) in [5.41, 5.74) is 3.22. The SMILES string of the molecule is CCC(=O)Nc1ccc(N2C(=S)N[C@@H](c3ccccn3)[C@H]2c2ccc(-c3ccc(Br)cc3)o2)cc1OC. The molecule has 0 bridgehead atoms. The summed E-state index contributed by atoms with van der Waals surface area (Å²) in [5, 5.41) is 6.85. The Balaban J connectivity index is 1.57. The van der Waals surface area contributed by atoms with Gasteiger partial charge in [-0.25, -0.2) is 0 Å². The van der Waals surface area contributed by atoms with Gasteiger partial charge in [0.25, 0.3) is 0 Å². The summed E-state index contributed by atoms with van der Waals surface area (Å²) in [7, 11) is 1.58. The number of nitrogens with one attached hydrogen (secondary N) is 2. The number of amides is 1. The maximum atomic E-state index is 12.0. The van der Waals surface area contributed by atoms with Gasteiger partial charge in [0.2, 0.25) is 5.91 Å². The van der Waals surface area contributed by atoms with Crippen molar-refractivity contribution in [2.75, 3.05) is 17.3 Å². The van der Waals surface area contributed by atoms with Gasteiger partial charge >= 0.3 is 0 Å². The third-order valence-electron chi connectivity index (χ3n) is 6.20. The second kappa shape index (κ2) is 10.7. The Bertz CT molecular complexity index is 1430. The number of carbonyl (C=O) groups excluding carboxylic acids is 1. The number of rotatable bonds is 7. The van der Waals surface area contributed by atoms with E-state index >= 15 is 0 Å². The summed E-state index contributed by atoms with van der Waals surface area (Å²) in [4.78, 5) is 18.6. The van der Waals surface area contributed by atoms with Gasteiger partial charge in [0.1, 0.15) is 23.3 Å². The molecule has 0 saturated carbocycles. The third-order valence-corrected chi connectivity index (χ3v) is 7.05. The Labute approximate surface area is 229 Å². The van der Waals surface area contributed by atoms with Crippen LogP contribution >= 0.6 is 28.1 Å². The van der Waals surface area contributed by atoms with Crippen LogP contribution in [-0.2, 0) is 4.79 Å². The van der Waals surface area contributed by atoms with Gasteiger partial charge in [-0.2, -0.15) is 0 Å². The molecular formula is C28H25BrN4O3S. The summed E-state index contributed by atoms with van der Waals surface area (Å²) in [5.74, 6) is 1.95. The van der Waals surface area contributed by atoms with Crippen molar-refractivity contribution in [1.29, 1.82) is 0 Å². The van der Waals surface area contributed by atoms with Crippen LogP contribution in [-0.4, -0.2) is 23.1 Å². The quantitative estimate of drug-likeness (QED) is 0.239. The van der Waals surface area contributed by atoms with Gasteiger partial charge in [-0.15, -0.1) is 0 Å². The first-order valence-corrected chi connectivity index (χ1v) is 13.0. The highest BCUT2D eigenvalue weighted by molar-refractivity contribution is 9.10. The number of hydrogen-bond donors (Lipinski definition) is 2. The molecule has 1 aliphatic heterocycles. The van der Waals surface area contributed by atoms with Crippen molar-refractivity contribution in [3.05, 3.63) is 94.9 Å². The number of nitrogens with zero attached hydrogens (tertiary/aromatic N) is 2. The van der Waals surface area contributed by atoms with E-state index in [4.69, 9.17) is 21.4 Å². The zero-order valence-corrected chi connectivity index (χ0v) is 22.7. The van der Waals surface area contributed by atoms with Gasteiger partial charge in [-0.05, 0) is 60.7 Å². The van der Waals surface area contributed by atoms with Gasteiger partial charge in [-0.1, -0.05) is 41.1 Å². The molecule has 2 atom stereocenters. The molecule has 1 aliphatic rings. The topological polar surface area (TPSA) is 79.6 Å². The summed E-state index contributed by atoms with van der Waals surface area (Å²) in [6.45, 7) is 1.80. The zero-order chi connectivity index (χ0) is 25.9. The lowest BCUT2D eigenvalue weighted by atomic mass is 10.0. The van der Waals surface area contributed by atoms with Crippen molar-refractivity contribution in [3.8, 4) is 17.1 Å². The number of aromatic nitrogens is 1. The van der Waals surface area contributed by atoms with Crippen molar-refractivity contribution in [2.45, 2.75) is 25.4 Å². The fourth-order valence-electron chi connectivity index (χ4n) is 4.37. The Hall–Kier alpha value is -3.69. The molecule has 9 heteroatoms. The molecule has 7 nitrogen and oxygen atoms in total. The Morgan fingerprint density at radius 1 is 1.16 bits per heavy atom. The maximum absolute atomic E-state index is 12.0. The number of anilines is 2. The number of hydrogen-bond acceptors (Lipinski definition) is 5. The fourth-order valence-corrected chi connectivity index (χ4v) is 4.98. The van der Waals surface area contributed by atoms with Gasteiger partial charge in [0, 0.05) is 34.4 Å². The molecule has 2 aromatic heterocycles. The number of methoxy groups -OCH3 is 1. The van der Waals surface area contributed by atoms with Gasteiger partial charge in [0.15, 0.2) is 5.11 Å². The van der Waals surface area contributed by atoms with E-state index in [1.54, 1.807) is 20.2 Å². The molecule has 4 aromatic rings. The molecule has 0 aliphatic carbocycles. The van der Waals surface area contributed by atoms with Crippen LogP contribution < -0.4 is 20.3 Å². The van der Waals surface area contributed by atoms with Gasteiger partial charge < -0.3 is 24.7 Å². The van der Waals surface area contributed by atoms with Crippen LogP contribution in [0.5, 0.6) is 5.75 Å². The van der Waals surface area contributed by atoms with E-state index in [-0.39, 0.29) is 18.0 Å². The van der Waals surface area contributed by atoms with E-state index in [2.05, 4.69) is 31.5 Å². The van der Waals surface area contributed by atoms with E-state index in [1.165, 1.54) is 0 Å². The Morgan fingerprint density at radius 2 is 1.97 bits per heavy atom. The molecule has 0 radical (unpaired) electrons. The third kappa shape index (κ3) is 5.10. The Morgan fingerprint density at radius 3 is 2.68 bits per heavy atom. The summed E-state index contributed by atoms with van der Waals surface area (Å²) >= 11 is 9.31. The van der Waals surface area contributed by atoms with Crippen LogP contribution in [0.15, 0.2) is 87.9 Å². The first-order chi connectivity index (χ1) is 18.0. The summed E-state index contributed by atoms with van der Waals surface area (Å²) in [6.07, 6.45) is 2.14. The van der Waals surface area contributed by atoms with Crippen LogP contribution in [0.1, 0.15) is 36.9 Å². The van der Waals surface area contributed by atoms with E-state index in [0.29, 0.717) is 23.0 Å². The average molecular weight is 578 g/mol. The highest BCUT2D eigenvalue weighted by atomic mass is 79.9. The number of halogens is 1. The maximum Gasteiger partial charge on any atom is 0.224 e. The molecule has 37 heavy (non-hydrogen) atoms. The van der Waals surface area contributed by atoms with Crippen molar-refractivity contribution in [2.24, 2.45) is 0 Å². The lowest BCUT2D eigenvalue weighted by molar-refractivity contribution is -0.115. The van der Waals surface area contributed by atoms with E-state index in [9.17, 15) is 4.79 Å². The predicted molar refractivity (Wildman–Crippen MR) is 152 cm³/mol. The monoisotopic (exact) mass is 576 g/mol. The van der Waals surface area contributed by atoms with Crippen molar-refractivity contribution >= 4 is 50.5 Å². The van der Waals surface area contributed by atoms with Crippen LogP contribution in [0.4, 0.5) is 11.4 Å². The standard InChI is InChI=1S/C28H25BrN4O3S/c1-3-25(34)31-20-12-11-19(16-24(20)35-2)33-27(26(32-28(33)37)21-6-4-5-15-30-21)23-14-13-22(36-23)17-7-9-18(29)10-8-17/h4-16,26-27H,3H2,1-2H3,(H,31,34)(H,32,37)/t26-,27+/m0/s1.